The van der Waals surface area contributed by atoms with Crippen LogP contribution < -0.4 is 10.5 Å². The minimum Gasteiger partial charge on any atom is -0.496 e. The summed E-state index contributed by atoms with van der Waals surface area (Å²) < 4.78 is 7.07. The van der Waals surface area contributed by atoms with Crippen molar-refractivity contribution in [2.24, 2.45) is 5.73 Å². The van der Waals surface area contributed by atoms with E-state index in [1.165, 1.54) is 11.0 Å². The van der Waals surface area contributed by atoms with Gasteiger partial charge in [-0.05, 0) is 103 Å². The van der Waals surface area contributed by atoms with E-state index >= 15 is 0 Å². The number of likely N-dealkylation sites (tertiary alicyclic amines) is 2. The lowest BCUT2D eigenvalue weighted by atomic mass is 9.72. The Bertz CT molecular complexity index is 1680. The van der Waals surface area contributed by atoms with Crippen LogP contribution in [0.5, 0.6) is 5.75 Å². The molecule has 234 valence electrons. The summed E-state index contributed by atoms with van der Waals surface area (Å²) in [7, 11) is 1.55. The molecule has 1 atom stereocenters. The van der Waals surface area contributed by atoms with Crippen molar-refractivity contribution in [2.45, 2.75) is 36.5 Å². The molecule has 4 heterocycles. The van der Waals surface area contributed by atoms with Crippen LogP contribution in [0.2, 0.25) is 10.0 Å². The predicted octanol–water partition coefficient (Wildman–Crippen LogP) is 4.07. The summed E-state index contributed by atoms with van der Waals surface area (Å²) in [4.78, 5) is 35.2. The molecule has 0 radical (unpaired) electrons. The van der Waals surface area contributed by atoms with Crippen molar-refractivity contribution in [3.05, 3.63) is 94.0 Å². The van der Waals surface area contributed by atoms with Crippen molar-refractivity contribution in [1.82, 2.24) is 35.0 Å². The molecule has 0 aliphatic carbocycles. The quantitative estimate of drug-likeness (QED) is 0.287. The molecule has 0 spiro atoms. The van der Waals surface area contributed by atoms with Crippen molar-refractivity contribution in [1.29, 1.82) is 0 Å². The van der Waals surface area contributed by atoms with Crippen molar-refractivity contribution in [2.75, 3.05) is 39.8 Å². The fourth-order valence-corrected chi connectivity index (χ4v) is 7.06. The SMILES string of the molecule is COc1ccc(-n2cnnn2)cc1C(=O)N1CCC(CCN2CCC(C(N)=O)(c3cccnc3)CC2)(c2ccc(Cl)c(Cl)c2)C1. The first-order valence-electron chi connectivity index (χ1n) is 14.8. The summed E-state index contributed by atoms with van der Waals surface area (Å²) >= 11 is 12.8. The van der Waals surface area contributed by atoms with Gasteiger partial charge in [0.1, 0.15) is 12.1 Å². The van der Waals surface area contributed by atoms with Crippen molar-refractivity contribution in [3.63, 3.8) is 0 Å². The predicted molar refractivity (Wildman–Crippen MR) is 170 cm³/mol. The first kappa shape index (κ1) is 30.9. The Kier molecular flexibility index (Phi) is 8.76. The van der Waals surface area contributed by atoms with Crippen LogP contribution in [0.3, 0.4) is 0 Å². The minimum atomic E-state index is -0.724. The number of hydrogen-bond donors (Lipinski definition) is 1. The molecule has 45 heavy (non-hydrogen) atoms. The first-order valence-corrected chi connectivity index (χ1v) is 15.6. The Morgan fingerprint density at radius 1 is 1.00 bits per heavy atom. The van der Waals surface area contributed by atoms with Gasteiger partial charge in [-0.2, -0.15) is 0 Å². The third kappa shape index (κ3) is 5.99. The molecule has 4 aromatic rings. The maximum absolute atomic E-state index is 14.0. The standard InChI is InChI=1S/C32H34Cl2N8O3/c1-45-28-7-5-24(42-21-37-38-39-42)18-25(28)29(43)41-16-9-31(20-41,22-4-6-26(33)27(34)17-22)8-13-40-14-10-32(11-15-40,30(35)44)23-3-2-12-36-19-23/h2-7,12,17-19,21H,8-11,13-16,20H2,1H3,(H2,35,44). The van der Waals surface area contributed by atoms with Crippen molar-refractivity contribution >= 4 is 35.0 Å². The number of tetrazole rings is 1. The second kappa shape index (κ2) is 12.7. The van der Waals surface area contributed by atoms with Crippen LogP contribution in [0, 0.1) is 0 Å². The van der Waals surface area contributed by atoms with E-state index in [4.69, 9.17) is 33.7 Å². The Hall–Kier alpha value is -4.06. The molecule has 2 amide bonds. The van der Waals surface area contributed by atoms with Gasteiger partial charge in [-0.1, -0.05) is 35.3 Å². The summed E-state index contributed by atoms with van der Waals surface area (Å²) in [5.41, 5.74) is 7.88. The van der Waals surface area contributed by atoms with E-state index in [9.17, 15) is 9.59 Å². The number of aromatic nitrogens is 5. The maximum Gasteiger partial charge on any atom is 0.257 e. The van der Waals surface area contributed by atoms with E-state index in [2.05, 4.69) is 25.4 Å². The molecule has 0 bridgehead atoms. The third-order valence-corrected chi connectivity index (χ3v) is 10.2. The lowest BCUT2D eigenvalue weighted by Gasteiger charge is -2.41. The number of halogens is 2. The molecule has 6 rings (SSSR count). The number of benzene rings is 2. The normalized spacial score (nSPS) is 19.8. The van der Waals surface area contributed by atoms with Crippen LogP contribution in [0.4, 0.5) is 0 Å². The highest BCUT2D eigenvalue weighted by molar-refractivity contribution is 6.42. The average Bonchev–Trinajstić information content (AvgIpc) is 3.77. The molecule has 2 fully saturated rings. The van der Waals surface area contributed by atoms with Gasteiger partial charge in [-0.3, -0.25) is 14.6 Å². The number of ether oxygens (including phenoxy) is 1. The summed E-state index contributed by atoms with van der Waals surface area (Å²) in [5, 5.41) is 12.3. The van der Waals surface area contributed by atoms with Gasteiger partial charge in [0.2, 0.25) is 5.91 Å². The Labute approximate surface area is 271 Å². The lowest BCUT2D eigenvalue weighted by Crippen LogP contribution is -2.50. The third-order valence-electron chi connectivity index (χ3n) is 9.50. The maximum atomic E-state index is 14.0. The Balaban J connectivity index is 1.23. The van der Waals surface area contributed by atoms with Gasteiger partial charge in [-0.25, -0.2) is 4.68 Å². The smallest absolute Gasteiger partial charge is 0.257 e. The van der Waals surface area contributed by atoms with E-state index in [1.54, 1.807) is 37.7 Å². The summed E-state index contributed by atoms with van der Waals surface area (Å²) in [6.45, 7) is 3.28. The largest absolute Gasteiger partial charge is 0.496 e. The second-order valence-electron chi connectivity index (χ2n) is 11.8. The zero-order valence-electron chi connectivity index (χ0n) is 24.9. The molecular weight excluding hydrogens is 615 g/mol. The van der Waals surface area contributed by atoms with Gasteiger partial charge in [0.05, 0.1) is 33.8 Å². The van der Waals surface area contributed by atoms with Crippen molar-refractivity contribution in [3.8, 4) is 11.4 Å². The van der Waals surface area contributed by atoms with Gasteiger partial charge in [0.25, 0.3) is 5.91 Å². The fourth-order valence-electron chi connectivity index (χ4n) is 6.77. The number of methoxy groups -OCH3 is 1. The fraction of sp³-hybridized carbons (Fsp3) is 0.375. The summed E-state index contributed by atoms with van der Waals surface area (Å²) in [5.74, 6) is 0.0278. The van der Waals surface area contributed by atoms with E-state index in [1.807, 2.05) is 35.2 Å². The molecule has 2 aromatic heterocycles. The number of piperidine rings is 1. The van der Waals surface area contributed by atoms with Crippen LogP contribution in [0.1, 0.15) is 47.2 Å². The van der Waals surface area contributed by atoms with Crippen LogP contribution >= 0.6 is 23.2 Å². The van der Waals surface area contributed by atoms with Crippen molar-refractivity contribution < 1.29 is 14.3 Å². The van der Waals surface area contributed by atoms with Gasteiger partial charge in [0, 0.05) is 30.9 Å². The van der Waals surface area contributed by atoms with Crippen LogP contribution in [0.25, 0.3) is 5.69 Å². The highest BCUT2D eigenvalue weighted by atomic mass is 35.5. The molecule has 2 saturated heterocycles. The molecule has 2 N–H and O–H groups in total. The summed E-state index contributed by atoms with van der Waals surface area (Å²) in [6, 6.07) is 14.8. The van der Waals surface area contributed by atoms with Gasteiger partial charge < -0.3 is 20.3 Å². The zero-order chi connectivity index (χ0) is 31.6. The number of primary amides is 1. The van der Waals surface area contributed by atoms with E-state index in [0.717, 1.165) is 43.6 Å². The monoisotopic (exact) mass is 648 g/mol. The Morgan fingerprint density at radius 2 is 1.82 bits per heavy atom. The van der Waals surface area contributed by atoms with Crippen LogP contribution in [-0.4, -0.2) is 86.6 Å². The number of pyridine rings is 1. The number of carbonyl (C=O) groups excluding carboxylic acids is 2. The minimum absolute atomic E-state index is 0.135. The Morgan fingerprint density at radius 3 is 2.49 bits per heavy atom. The highest BCUT2D eigenvalue weighted by Crippen LogP contribution is 2.42. The number of amides is 2. The van der Waals surface area contributed by atoms with E-state index in [0.29, 0.717) is 53.0 Å². The zero-order valence-corrected chi connectivity index (χ0v) is 26.4. The molecular formula is C32H34Cl2N8O3. The average molecular weight is 650 g/mol. The number of nitrogens with zero attached hydrogens (tertiary/aromatic N) is 7. The molecule has 11 nitrogen and oxygen atoms in total. The van der Waals surface area contributed by atoms with Crippen LogP contribution in [-0.2, 0) is 15.6 Å². The lowest BCUT2D eigenvalue weighted by molar-refractivity contribution is -0.125. The molecule has 2 aliphatic heterocycles. The van der Waals surface area contributed by atoms with Crippen LogP contribution in [0.15, 0.2) is 67.3 Å². The summed E-state index contributed by atoms with van der Waals surface area (Å²) in [6.07, 6.45) is 7.70. The second-order valence-corrected chi connectivity index (χ2v) is 12.6. The number of hydrogen-bond acceptors (Lipinski definition) is 8. The topological polar surface area (TPSA) is 132 Å². The number of rotatable bonds is 9. The number of nitrogens with two attached hydrogens (primary N) is 1. The molecule has 2 aliphatic rings. The van der Waals surface area contributed by atoms with E-state index < -0.39 is 5.41 Å². The molecule has 1 unspecified atom stereocenters. The first-order chi connectivity index (χ1) is 21.7. The molecule has 13 heteroatoms. The van der Waals surface area contributed by atoms with Gasteiger partial charge >= 0.3 is 0 Å². The number of carbonyl (C=O) groups is 2. The highest BCUT2D eigenvalue weighted by Gasteiger charge is 2.45. The van der Waals surface area contributed by atoms with Gasteiger partial charge in [0.15, 0.2) is 0 Å². The van der Waals surface area contributed by atoms with Gasteiger partial charge in [-0.15, -0.1) is 5.10 Å². The molecule has 0 saturated carbocycles. The van der Waals surface area contributed by atoms with E-state index in [-0.39, 0.29) is 17.2 Å². The molecule has 2 aromatic carbocycles.